The van der Waals surface area contributed by atoms with Gasteiger partial charge in [0.25, 0.3) is 0 Å². The van der Waals surface area contributed by atoms with Gasteiger partial charge in [-0.25, -0.2) is 13.1 Å². The number of nitrogen functional groups attached to an aromatic ring is 1. The third-order valence-corrected chi connectivity index (χ3v) is 6.74. The minimum Gasteiger partial charge on any atom is -0.398 e. The van der Waals surface area contributed by atoms with Crippen molar-refractivity contribution in [2.24, 2.45) is 11.8 Å². The van der Waals surface area contributed by atoms with Crippen molar-refractivity contribution < 1.29 is 8.42 Å². The van der Waals surface area contributed by atoms with Crippen LogP contribution in [0.2, 0.25) is 0 Å². The molecule has 1 saturated carbocycles. The van der Waals surface area contributed by atoms with Crippen LogP contribution in [-0.4, -0.2) is 14.5 Å². The molecule has 1 aromatic rings. The first-order valence-electron chi connectivity index (χ1n) is 7.30. The standard InChI is InChI=1S/C15H23BrN2O2S/c1-9-5-4-6-14(10(9)2)18-21(19,20)15-8-12(16)7-13(17)11(15)3/h7-10,14,18H,4-6,17H2,1-3H3. The van der Waals surface area contributed by atoms with Crippen molar-refractivity contribution in [3.8, 4) is 0 Å². The molecule has 1 fully saturated rings. The Labute approximate surface area is 135 Å². The highest BCUT2D eigenvalue weighted by Crippen LogP contribution is 2.32. The van der Waals surface area contributed by atoms with Crippen molar-refractivity contribution in [1.82, 2.24) is 4.72 Å². The van der Waals surface area contributed by atoms with E-state index in [0.717, 1.165) is 12.8 Å². The maximum atomic E-state index is 12.7. The Hall–Kier alpha value is -0.590. The molecule has 2 rings (SSSR count). The molecule has 6 heteroatoms. The number of hydrogen-bond donors (Lipinski definition) is 2. The average molecular weight is 375 g/mol. The second-order valence-electron chi connectivity index (χ2n) is 6.11. The van der Waals surface area contributed by atoms with Gasteiger partial charge in [0.05, 0.1) is 4.90 Å². The van der Waals surface area contributed by atoms with Crippen LogP contribution in [0.25, 0.3) is 0 Å². The van der Waals surface area contributed by atoms with Gasteiger partial charge < -0.3 is 5.73 Å². The highest BCUT2D eigenvalue weighted by atomic mass is 79.9. The van der Waals surface area contributed by atoms with Gasteiger partial charge in [-0.05, 0) is 42.9 Å². The van der Waals surface area contributed by atoms with E-state index in [0.29, 0.717) is 27.6 Å². The van der Waals surface area contributed by atoms with Crippen molar-refractivity contribution in [1.29, 1.82) is 0 Å². The summed E-state index contributed by atoms with van der Waals surface area (Å²) in [5.41, 5.74) is 6.96. The highest BCUT2D eigenvalue weighted by molar-refractivity contribution is 9.10. The fourth-order valence-corrected chi connectivity index (χ4v) is 5.25. The van der Waals surface area contributed by atoms with Crippen LogP contribution in [0.4, 0.5) is 5.69 Å². The summed E-state index contributed by atoms with van der Waals surface area (Å²) in [6, 6.07) is 3.34. The monoisotopic (exact) mass is 374 g/mol. The summed E-state index contributed by atoms with van der Waals surface area (Å²) in [7, 11) is -3.55. The van der Waals surface area contributed by atoms with Crippen LogP contribution < -0.4 is 10.5 Å². The largest absolute Gasteiger partial charge is 0.398 e. The van der Waals surface area contributed by atoms with E-state index in [4.69, 9.17) is 5.73 Å². The first kappa shape index (κ1) is 16.8. The number of halogens is 1. The van der Waals surface area contributed by atoms with E-state index in [-0.39, 0.29) is 10.9 Å². The number of sulfonamides is 1. The molecule has 3 unspecified atom stereocenters. The molecule has 0 heterocycles. The molecule has 0 amide bonds. The van der Waals surface area contributed by atoms with E-state index in [2.05, 4.69) is 34.5 Å². The van der Waals surface area contributed by atoms with E-state index < -0.39 is 10.0 Å². The number of anilines is 1. The van der Waals surface area contributed by atoms with Gasteiger partial charge >= 0.3 is 0 Å². The first-order chi connectivity index (χ1) is 9.72. The molecule has 0 bridgehead atoms. The average Bonchev–Trinajstić information content (AvgIpc) is 2.39. The molecule has 0 aromatic heterocycles. The quantitative estimate of drug-likeness (QED) is 0.795. The molecule has 0 radical (unpaired) electrons. The van der Waals surface area contributed by atoms with Crippen LogP contribution in [-0.2, 0) is 10.0 Å². The lowest BCUT2D eigenvalue weighted by molar-refractivity contribution is 0.227. The van der Waals surface area contributed by atoms with Crippen LogP contribution in [0, 0.1) is 18.8 Å². The zero-order valence-electron chi connectivity index (χ0n) is 12.7. The van der Waals surface area contributed by atoms with E-state index in [9.17, 15) is 8.42 Å². The Morgan fingerprint density at radius 3 is 2.62 bits per heavy atom. The van der Waals surface area contributed by atoms with Crippen molar-refractivity contribution in [2.75, 3.05) is 5.73 Å². The molecule has 1 aliphatic rings. The SMILES string of the molecule is Cc1c(N)cc(Br)cc1S(=O)(=O)NC1CCCC(C)C1C. The third kappa shape index (κ3) is 3.60. The number of rotatable bonds is 3. The second kappa shape index (κ2) is 6.26. The Bertz CT molecular complexity index is 631. The van der Waals surface area contributed by atoms with Crippen LogP contribution in [0.3, 0.4) is 0 Å². The molecule has 118 valence electrons. The highest BCUT2D eigenvalue weighted by Gasteiger charge is 2.31. The summed E-state index contributed by atoms with van der Waals surface area (Å²) < 4.78 is 28.9. The van der Waals surface area contributed by atoms with Crippen LogP contribution in [0.15, 0.2) is 21.5 Å². The Balaban J connectivity index is 2.31. The zero-order chi connectivity index (χ0) is 15.8. The van der Waals surface area contributed by atoms with Crippen molar-refractivity contribution in [3.05, 3.63) is 22.2 Å². The molecular weight excluding hydrogens is 352 g/mol. The maximum absolute atomic E-state index is 12.7. The van der Waals surface area contributed by atoms with Gasteiger partial charge in [0.2, 0.25) is 10.0 Å². The summed E-state index contributed by atoms with van der Waals surface area (Å²) in [4.78, 5) is 0.264. The molecule has 1 aromatic carbocycles. The predicted molar refractivity (Wildman–Crippen MR) is 89.6 cm³/mol. The van der Waals surface area contributed by atoms with Gasteiger partial charge in [-0.3, -0.25) is 0 Å². The van der Waals surface area contributed by atoms with Crippen LogP contribution >= 0.6 is 15.9 Å². The predicted octanol–water partition coefficient (Wildman–Crippen LogP) is 3.44. The Morgan fingerprint density at radius 1 is 1.29 bits per heavy atom. The van der Waals surface area contributed by atoms with Crippen molar-refractivity contribution >= 4 is 31.6 Å². The normalized spacial score (nSPS) is 26.8. The summed E-state index contributed by atoms with van der Waals surface area (Å²) in [6.07, 6.45) is 3.13. The number of nitrogens with one attached hydrogen (secondary N) is 1. The van der Waals surface area contributed by atoms with Gasteiger partial charge in [-0.2, -0.15) is 0 Å². The van der Waals surface area contributed by atoms with Gasteiger partial charge in [-0.15, -0.1) is 0 Å². The molecule has 21 heavy (non-hydrogen) atoms. The lowest BCUT2D eigenvalue weighted by Crippen LogP contribution is -2.43. The van der Waals surface area contributed by atoms with E-state index in [1.165, 1.54) is 6.42 Å². The van der Waals surface area contributed by atoms with Crippen LogP contribution in [0.5, 0.6) is 0 Å². The number of hydrogen-bond acceptors (Lipinski definition) is 3. The molecule has 3 atom stereocenters. The zero-order valence-corrected chi connectivity index (χ0v) is 15.1. The van der Waals surface area contributed by atoms with E-state index >= 15 is 0 Å². The number of benzene rings is 1. The molecule has 0 saturated heterocycles. The summed E-state index contributed by atoms with van der Waals surface area (Å²) in [5, 5.41) is 0. The third-order valence-electron chi connectivity index (χ3n) is 4.67. The van der Waals surface area contributed by atoms with Gasteiger partial charge in [0.15, 0.2) is 0 Å². The first-order valence-corrected chi connectivity index (χ1v) is 9.58. The van der Waals surface area contributed by atoms with Crippen molar-refractivity contribution in [2.45, 2.75) is 51.0 Å². The lowest BCUT2D eigenvalue weighted by Gasteiger charge is -2.34. The van der Waals surface area contributed by atoms with E-state index in [1.54, 1.807) is 19.1 Å². The van der Waals surface area contributed by atoms with Gasteiger partial charge in [0.1, 0.15) is 0 Å². The molecule has 1 aliphatic carbocycles. The summed E-state index contributed by atoms with van der Waals surface area (Å²) in [5.74, 6) is 0.887. The minimum absolute atomic E-state index is 0.00152. The number of nitrogens with two attached hydrogens (primary N) is 1. The Kier molecular flexibility index (Phi) is 5.00. The van der Waals surface area contributed by atoms with E-state index in [1.807, 2.05) is 0 Å². The maximum Gasteiger partial charge on any atom is 0.241 e. The molecule has 3 N–H and O–H groups in total. The minimum atomic E-state index is -3.55. The fraction of sp³-hybridized carbons (Fsp3) is 0.600. The molecule has 0 spiro atoms. The fourth-order valence-electron chi connectivity index (χ4n) is 2.96. The second-order valence-corrected chi connectivity index (χ2v) is 8.71. The van der Waals surface area contributed by atoms with Crippen LogP contribution in [0.1, 0.15) is 38.7 Å². The Morgan fingerprint density at radius 2 is 1.95 bits per heavy atom. The molecule has 0 aliphatic heterocycles. The van der Waals surface area contributed by atoms with Gasteiger partial charge in [-0.1, -0.05) is 42.6 Å². The summed E-state index contributed by atoms with van der Waals surface area (Å²) in [6.45, 7) is 6.05. The smallest absolute Gasteiger partial charge is 0.241 e. The topological polar surface area (TPSA) is 72.2 Å². The summed E-state index contributed by atoms with van der Waals surface area (Å²) >= 11 is 3.31. The molecule has 4 nitrogen and oxygen atoms in total. The molecular formula is C15H23BrN2O2S. The van der Waals surface area contributed by atoms with Crippen molar-refractivity contribution in [3.63, 3.8) is 0 Å². The van der Waals surface area contributed by atoms with Gasteiger partial charge in [0, 0.05) is 16.2 Å². The lowest BCUT2D eigenvalue weighted by atomic mass is 9.78.